The summed E-state index contributed by atoms with van der Waals surface area (Å²) < 4.78 is 10.9. The van der Waals surface area contributed by atoms with Gasteiger partial charge in [-0.25, -0.2) is 0 Å². The standard InChI is InChI=1S/C14H26N2O4/c1-2-19-14(18)11-5-8-16-12(13(11)17)9-20-10-3-6-15-7-4-10/h10-13,15-17H,2-9H2,1H3/t11-,12?,13?/m0/s1. The van der Waals surface area contributed by atoms with E-state index in [1.54, 1.807) is 6.92 Å². The van der Waals surface area contributed by atoms with E-state index in [4.69, 9.17) is 9.47 Å². The van der Waals surface area contributed by atoms with Crippen LogP contribution in [0.2, 0.25) is 0 Å². The van der Waals surface area contributed by atoms with Crippen LogP contribution in [0.3, 0.4) is 0 Å². The fourth-order valence-corrected chi connectivity index (χ4v) is 2.86. The molecular weight excluding hydrogens is 260 g/mol. The second-order valence-electron chi connectivity index (χ2n) is 5.48. The Bertz CT molecular complexity index is 308. The van der Waals surface area contributed by atoms with Crippen molar-refractivity contribution in [3.63, 3.8) is 0 Å². The van der Waals surface area contributed by atoms with Gasteiger partial charge < -0.3 is 25.2 Å². The van der Waals surface area contributed by atoms with Gasteiger partial charge in [0.25, 0.3) is 0 Å². The molecule has 116 valence electrons. The Hall–Kier alpha value is -0.690. The van der Waals surface area contributed by atoms with Crippen molar-refractivity contribution >= 4 is 5.97 Å². The van der Waals surface area contributed by atoms with Crippen molar-refractivity contribution in [3.8, 4) is 0 Å². The van der Waals surface area contributed by atoms with Gasteiger partial charge >= 0.3 is 5.97 Å². The van der Waals surface area contributed by atoms with Gasteiger partial charge in [-0.05, 0) is 45.8 Å². The molecule has 2 heterocycles. The number of hydrogen-bond donors (Lipinski definition) is 3. The maximum Gasteiger partial charge on any atom is 0.311 e. The average Bonchev–Trinajstić information content (AvgIpc) is 2.47. The highest BCUT2D eigenvalue weighted by Gasteiger charge is 2.37. The predicted molar refractivity (Wildman–Crippen MR) is 74.4 cm³/mol. The number of aliphatic hydroxyl groups excluding tert-OH is 1. The molecule has 0 aromatic rings. The van der Waals surface area contributed by atoms with Crippen LogP contribution in [-0.4, -0.2) is 62.2 Å². The summed E-state index contributed by atoms with van der Waals surface area (Å²) >= 11 is 0. The fourth-order valence-electron chi connectivity index (χ4n) is 2.86. The van der Waals surface area contributed by atoms with E-state index >= 15 is 0 Å². The van der Waals surface area contributed by atoms with E-state index in [1.807, 2.05) is 0 Å². The van der Waals surface area contributed by atoms with E-state index in [9.17, 15) is 9.90 Å². The van der Waals surface area contributed by atoms with Crippen LogP contribution in [0.25, 0.3) is 0 Å². The molecule has 2 unspecified atom stereocenters. The van der Waals surface area contributed by atoms with Crippen molar-refractivity contribution in [1.29, 1.82) is 0 Å². The lowest BCUT2D eigenvalue weighted by atomic mass is 9.89. The predicted octanol–water partition coefficient (Wildman–Crippen LogP) is -0.343. The third-order valence-electron chi connectivity index (χ3n) is 4.07. The summed E-state index contributed by atoms with van der Waals surface area (Å²) in [6, 6.07) is -0.187. The maximum absolute atomic E-state index is 11.8. The minimum Gasteiger partial charge on any atom is -0.466 e. The van der Waals surface area contributed by atoms with E-state index in [2.05, 4.69) is 10.6 Å². The Balaban J connectivity index is 1.79. The molecule has 0 aliphatic carbocycles. The number of ether oxygens (including phenoxy) is 2. The van der Waals surface area contributed by atoms with Gasteiger partial charge in [-0.15, -0.1) is 0 Å². The summed E-state index contributed by atoms with van der Waals surface area (Å²) in [6.45, 7) is 5.25. The minimum atomic E-state index is -0.732. The largest absolute Gasteiger partial charge is 0.466 e. The molecule has 0 radical (unpaired) electrons. The maximum atomic E-state index is 11.8. The fraction of sp³-hybridized carbons (Fsp3) is 0.929. The molecule has 6 nitrogen and oxygen atoms in total. The number of nitrogens with one attached hydrogen (secondary N) is 2. The zero-order chi connectivity index (χ0) is 14.4. The summed E-state index contributed by atoms with van der Waals surface area (Å²) in [4.78, 5) is 11.8. The molecule has 0 spiro atoms. The number of esters is 1. The van der Waals surface area contributed by atoms with Gasteiger partial charge in [-0.3, -0.25) is 4.79 Å². The van der Waals surface area contributed by atoms with Crippen LogP contribution in [-0.2, 0) is 14.3 Å². The van der Waals surface area contributed by atoms with Crippen molar-refractivity contribution in [1.82, 2.24) is 10.6 Å². The van der Waals surface area contributed by atoms with Crippen molar-refractivity contribution in [2.75, 3.05) is 32.8 Å². The lowest BCUT2D eigenvalue weighted by Gasteiger charge is -2.35. The SMILES string of the molecule is CCOC(=O)[C@H]1CCNC(COC2CCNCC2)C1O. The monoisotopic (exact) mass is 286 g/mol. The Morgan fingerprint density at radius 1 is 1.25 bits per heavy atom. The molecule has 2 aliphatic heterocycles. The lowest BCUT2D eigenvalue weighted by molar-refractivity contribution is -0.155. The van der Waals surface area contributed by atoms with Crippen LogP contribution in [0.5, 0.6) is 0 Å². The molecule has 0 bridgehead atoms. The average molecular weight is 286 g/mol. The molecule has 0 aromatic heterocycles. The first-order chi connectivity index (χ1) is 9.72. The number of piperidine rings is 2. The Kier molecular flexibility index (Phi) is 6.22. The number of carbonyl (C=O) groups is 1. The number of carbonyl (C=O) groups excluding carboxylic acids is 1. The smallest absolute Gasteiger partial charge is 0.311 e. The van der Waals surface area contributed by atoms with Crippen molar-refractivity contribution in [2.24, 2.45) is 5.92 Å². The van der Waals surface area contributed by atoms with Crippen LogP contribution < -0.4 is 10.6 Å². The molecule has 0 saturated carbocycles. The molecule has 2 fully saturated rings. The van der Waals surface area contributed by atoms with Crippen LogP contribution in [0, 0.1) is 5.92 Å². The molecular formula is C14H26N2O4. The van der Waals surface area contributed by atoms with E-state index in [0.717, 1.165) is 25.9 Å². The normalized spacial score (nSPS) is 32.0. The quantitative estimate of drug-likeness (QED) is 0.600. The van der Waals surface area contributed by atoms with Crippen LogP contribution >= 0.6 is 0 Å². The van der Waals surface area contributed by atoms with Crippen LogP contribution in [0.15, 0.2) is 0 Å². The van der Waals surface area contributed by atoms with Gasteiger partial charge in [0.2, 0.25) is 0 Å². The highest BCUT2D eigenvalue weighted by Crippen LogP contribution is 2.20. The first kappa shape index (κ1) is 15.7. The third kappa shape index (κ3) is 4.15. The molecule has 6 heteroatoms. The zero-order valence-electron chi connectivity index (χ0n) is 12.1. The molecule has 3 atom stereocenters. The number of rotatable bonds is 5. The van der Waals surface area contributed by atoms with E-state index in [-0.39, 0.29) is 18.1 Å². The van der Waals surface area contributed by atoms with Crippen molar-refractivity contribution < 1.29 is 19.4 Å². The molecule has 2 aliphatic rings. The number of aliphatic hydroxyl groups is 1. The first-order valence-corrected chi connectivity index (χ1v) is 7.62. The van der Waals surface area contributed by atoms with Crippen molar-refractivity contribution in [2.45, 2.75) is 44.4 Å². The first-order valence-electron chi connectivity index (χ1n) is 7.62. The Morgan fingerprint density at radius 3 is 2.70 bits per heavy atom. The van der Waals surface area contributed by atoms with Gasteiger partial charge in [0.05, 0.1) is 37.4 Å². The van der Waals surface area contributed by atoms with Crippen LogP contribution in [0.4, 0.5) is 0 Å². The molecule has 2 saturated heterocycles. The topological polar surface area (TPSA) is 79.8 Å². The Morgan fingerprint density at radius 2 is 2.00 bits per heavy atom. The molecule has 0 amide bonds. The molecule has 20 heavy (non-hydrogen) atoms. The molecule has 3 N–H and O–H groups in total. The van der Waals surface area contributed by atoms with E-state index in [1.165, 1.54) is 0 Å². The minimum absolute atomic E-state index is 0.187. The molecule has 0 aromatic carbocycles. The highest BCUT2D eigenvalue weighted by molar-refractivity contribution is 5.73. The van der Waals surface area contributed by atoms with Gasteiger partial charge in [0, 0.05) is 0 Å². The van der Waals surface area contributed by atoms with E-state index in [0.29, 0.717) is 26.2 Å². The number of hydrogen-bond acceptors (Lipinski definition) is 6. The zero-order valence-corrected chi connectivity index (χ0v) is 12.1. The third-order valence-corrected chi connectivity index (χ3v) is 4.07. The van der Waals surface area contributed by atoms with Gasteiger partial charge in [0.15, 0.2) is 0 Å². The van der Waals surface area contributed by atoms with Crippen LogP contribution in [0.1, 0.15) is 26.2 Å². The summed E-state index contributed by atoms with van der Waals surface area (Å²) in [7, 11) is 0. The summed E-state index contributed by atoms with van der Waals surface area (Å²) in [5.74, 6) is -0.730. The summed E-state index contributed by atoms with van der Waals surface area (Å²) in [5.41, 5.74) is 0. The highest BCUT2D eigenvalue weighted by atomic mass is 16.5. The lowest BCUT2D eigenvalue weighted by Crippen LogP contribution is -2.55. The Labute approximate surface area is 120 Å². The van der Waals surface area contributed by atoms with E-state index < -0.39 is 12.0 Å². The second kappa shape index (κ2) is 7.93. The van der Waals surface area contributed by atoms with Gasteiger partial charge in [-0.1, -0.05) is 0 Å². The van der Waals surface area contributed by atoms with Gasteiger partial charge in [-0.2, -0.15) is 0 Å². The summed E-state index contributed by atoms with van der Waals surface area (Å²) in [6.07, 6.45) is 2.15. The molecule has 2 rings (SSSR count). The van der Waals surface area contributed by atoms with Gasteiger partial charge in [0.1, 0.15) is 0 Å². The summed E-state index contributed by atoms with van der Waals surface area (Å²) in [5, 5.41) is 16.8. The van der Waals surface area contributed by atoms with Crippen molar-refractivity contribution in [3.05, 3.63) is 0 Å². The second-order valence-corrected chi connectivity index (χ2v) is 5.48.